The third-order valence-corrected chi connectivity index (χ3v) is 2.70. The van der Waals surface area contributed by atoms with Crippen molar-refractivity contribution in [1.82, 2.24) is 0 Å². The van der Waals surface area contributed by atoms with Crippen molar-refractivity contribution in [2.24, 2.45) is 5.14 Å². The van der Waals surface area contributed by atoms with Crippen LogP contribution in [0.2, 0.25) is 0 Å². The maximum absolute atomic E-state index is 10.6. The quantitative estimate of drug-likeness (QED) is 0.691. The summed E-state index contributed by atoms with van der Waals surface area (Å²) >= 11 is 0. The molecule has 3 N–H and O–H groups in total. The molecule has 0 bridgehead atoms. The van der Waals surface area contributed by atoms with E-state index in [-0.39, 0.29) is 19.0 Å². The molecule has 5 nitrogen and oxygen atoms in total. The summed E-state index contributed by atoms with van der Waals surface area (Å²) in [6.45, 7) is 0.166. The Bertz CT molecular complexity index is 430. The van der Waals surface area contributed by atoms with Gasteiger partial charge in [-0.1, -0.05) is 6.07 Å². The number of sulfonamides is 1. The number of aliphatic hydroxyl groups excluding tert-OH is 1. The number of hydrogen-bond donors (Lipinski definition) is 2. The number of aliphatic hydroxyl groups is 1. The smallest absolute Gasteiger partial charge is 0.209 e. The Hall–Kier alpha value is -1.11. The van der Waals surface area contributed by atoms with E-state index in [4.69, 9.17) is 15.0 Å². The molecule has 6 heteroatoms. The first-order chi connectivity index (χ1) is 7.51. The molecule has 89 valence electrons. The molecule has 0 saturated carbocycles. The van der Waals surface area contributed by atoms with Crippen molar-refractivity contribution >= 4 is 10.0 Å². The molecule has 0 saturated heterocycles. The fraction of sp³-hybridized carbons (Fsp3) is 0.400. The summed E-state index contributed by atoms with van der Waals surface area (Å²) in [7, 11) is -3.42. The molecule has 0 spiro atoms. The Morgan fingerprint density at radius 3 is 2.88 bits per heavy atom. The van der Waals surface area contributed by atoms with Crippen LogP contribution in [-0.2, 0) is 16.6 Å². The van der Waals surface area contributed by atoms with Gasteiger partial charge < -0.3 is 9.84 Å². The zero-order valence-corrected chi connectivity index (χ0v) is 9.53. The van der Waals surface area contributed by atoms with E-state index in [0.717, 1.165) is 0 Å². The van der Waals surface area contributed by atoms with Gasteiger partial charge in [0.2, 0.25) is 10.0 Å². The molecule has 0 aliphatic rings. The van der Waals surface area contributed by atoms with Crippen LogP contribution in [0, 0.1) is 6.07 Å². The van der Waals surface area contributed by atoms with Crippen LogP contribution in [0.15, 0.2) is 18.2 Å². The van der Waals surface area contributed by atoms with Gasteiger partial charge in [0, 0.05) is 0 Å². The van der Waals surface area contributed by atoms with Gasteiger partial charge in [-0.25, -0.2) is 13.6 Å². The summed E-state index contributed by atoms with van der Waals surface area (Å²) in [6, 6.07) is 7.81. The summed E-state index contributed by atoms with van der Waals surface area (Å²) in [5, 5.41) is 13.7. The zero-order valence-electron chi connectivity index (χ0n) is 8.72. The van der Waals surface area contributed by atoms with Crippen molar-refractivity contribution in [2.45, 2.75) is 13.0 Å². The number of rotatable bonds is 6. The summed E-state index contributed by atoms with van der Waals surface area (Å²) in [5.74, 6) is 0.482. The first-order valence-electron chi connectivity index (χ1n) is 4.76. The van der Waals surface area contributed by atoms with Crippen molar-refractivity contribution < 1.29 is 18.3 Å². The van der Waals surface area contributed by atoms with Gasteiger partial charge in [0.25, 0.3) is 0 Å². The number of hydrogen-bond acceptors (Lipinski definition) is 4. The first-order valence-corrected chi connectivity index (χ1v) is 6.47. The fourth-order valence-corrected chi connectivity index (χ4v) is 1.64. The van der Waals surface area contributed by atoms with Gasteiger partial charge in [0.15, 0.2) is 0 Å². The molecule has 1 radical (unpaired) electrons. The highest BCUT2D eigenvalue weighted by molar-refractivity contribution is 7.89. The second-order valence-corrected chi connectivity index (χ2v) is 5.01. The van der Waals surface area contributed by atoms with E-state index < -0.39 is 10.0 Å². The molecule has 1 aromatic rings. The molecule has 16 heavy (non-hydrogen) atoms. The summed E-state index contributed by atoms with van der Waals surface area (Å²) in [4.78, 5) is 0. The third kappa shape index (κ3) is 5.11. The lowest BCUT2D eigenvalue weighted by Gasteiger charge is -2.06. The van der Waals surface area contributed by atoms with Gasteiger partial charge in [-0.3, -0.25) is 0 Å². The lowest BCUT2D eigenvalue weighted by atomic mass is 10.2. The largest absolute Gasteiger partial charge is 0.494 e. The standard InChI is InChI=1S/C10H14NO4S/c11-16(13,14)6-2-5-15-10-4-1-3-9(7-10)8-12/h1,4,7,12H,2,5-6,8H2,(H2,11,13,14). The molecule has 0 atom stereocenters. The van der Waals surface area contributed by atoms with E-state index >= 15 is 0 Å². The highest BCUT2D eigenvalue weighted by Crippen LogP contribution is 2.12. The minimum atomic E-state index is -3.42. The molecule has 0 amide bonds. The van der Waals surface area contributed by atoms with Crippen LogP contribution in [0.4, 0.5) is 0 Å². The van der Waals surface area contributed by atoms with Crippen molar-refractivity contribution in [3.63, 3.8) is 0 Å². The van der Waals surface area contributed by atoms with Crippen LogP contribution in [0.1, 0.15) is 12.0 Å². The first kappa shape index (κ1) is 13.0. The summed E-state index contributed by atoms with van der Waals surface area (Å²) < 4.78 is 26.5. The molecule has 0 aliphatic carbocycles. The molecule has 0 aliphatic heterocycles. The van der Waals surface area contributed by atoms with Gasteiger partial charge >= 0.3 is 0 Å². The SMILES string of the molecule is NS(=O)(=O)CCCOc1cc[c]c(CO)c1. The molecule has 0 heterocycles. The van der Waals surface area contributed by atoms with Crippen LogP contribution in [-0.4, -0.2) is 25.9 Å². The predicted octanol–water partition coefficient (Wildman–Crippen LogP) is 0.0365. The van der Waals surface area contributed by atoms with Gasteiger partial charge in [-0.05, 0) is 30.2 Å². The van der Waals surface area contributed by atoms with Crippen LogP contribution in [0.5, 0.6) is 5.75 Å². The van der Waals surface area contributed by atoms with Crippen molar-refractivity contribution in [3.8, 4) is 5.75 Å². The molecule has 1 rings (SSSR count). The Morgan fingerprint density at radius 1 is 1.50 bits per heavy atom. The van der Waals surface area contributed by atoms with E-state index in [1.807, 2.05) is 0 Å². The van der Waals surface area contributed by atoms with Crippen molar-refractivity contribution in [3.05, 3.63) is 29.8 Å². The highest BCUT2D eigenvalue weighted by Gasteiger charge is 2.02. The predicted molar refractivity (Wildman–Crippen MR) is 59.3 cm³/mol. The Balaban J connectivity index is 2.37. The van der Waals surface area contributed by atoms with Crippen LogP contribution in [0.25, 0.3) is 0 Å². The van der Waals surface area contributed by atoms with E-state index in [0.29, 0.717) is 17.7 Å². The van der Waals surface area contributed by atoms with Gasteiger partial charge in [-0.15, -0.1) is 0 Å². The minimum Gasteiger partial charge on any atom is -0.494 e. The van der Waals surface area contributed by atoms with Crippen molar-refractivity contribution in [2.75, 3.05) is 12.4 Å². The molecule has 0 aromatic heterocycles. The summed E-state index contributed by atoms with van der Waals surface area (Å²) in [6.07, 6.45) is 0.339. The highest BCUT2D eigenvalue weighted by atomic mass is 32.2. The lowest BCUT2D eigenvalue weighted by molar-refractivity contribution is 0.279. The van der Waals surface area contributed by atoms with Crippen LogP contribution in [0.3, 0.4) is 0 Å². The van der Waals surface area contributed by atoms with Gasteiger partial charge in [0.05, 0.1) is 19.0 Å². The zero-order chi connectivity index (χ0) is 12.0. The second-order valence-electron chi connectivity index (χ2n) is 3.28. The number of nitrogens with two attached hydrogens (primary N) is 1. The number of benzene rings is 1. The number of primary sulfonamides is 1. The number of ether oxygens (including phenoxy) is 1. The van der Waals surface area contributed by atoms with Crippen LogP contribution < -0.4 is 9.88 Å². The Kier molecular flexibility index (Phi) is 4.72. The van der Waals surface area contributed by atoms with E-state index in [1.165, 1.54) is 0 Å². The average Bonchev–Trinajstić information content (AvgIpc) is 2.23. The second kappa shape index (κ2) is 5.83. The summed E-state index contributed by atoms with van der Waals surface area (Å²) in [5.41, 5.74) is 0.629. The monoisotopic (exact) mass is 244 g/mol. The van der Waals surface area contributed by atoms with Crippen molar-refractivity contribution in [1.29, 1.82) is 0 Å². The van der Waals surface area contributed by atoms with E-state index in [9.17, 15) is 8.42 Å². The maximum Gasteiger partial charge on any atom is 0.209 e. The topological polar surface area (TPSA) is 89.6 Å². The molecule has 0 fully saturated rings. The van der Waals surface area contributed by atoms with E-state index in [1.54, 1.807) is 18.2 Å². The molecule has 1 aromatic carbocycles. The van der Waals surface area contributed by atoms with Gasteiger partial charge in [0.1, 0.15) is 5.75 Å². The fourth-order valence-electron chi connectivity index (χ4n) is 1.12. The van der Waals surface area contributed by atoms with E-state index in [2.05, 4.69) is 6.07 Å². The van der Waals surface area contributed by atoms with Gasteiger partial charge in [-0.2, -0.15) is 0 Å². The Labute approximate surface area is 94.9 Å². The minimum absolute atomic E-state index is 0.0984. The molecular formula is C10H14NO4S. The lowest BCUT2D eigenvalue weighted by Crippen LogP contribution is -2.18. The normalized spacial score (nSPS) is 11.4. The maximum atomic E-state index is 10.6. The molecular weight excluding hydrogens is 230 g/mol. The molecule has 0 unspecified atom stereocenters. The average molecular weight is 244 g/mol. The third-order valence-electron chi connectivity index (χ3n) is 1.85. The van der Waals surface area contributed by atoms with Crippen LogP contribution >= 0.6 is 0 Å². The Morgan fingerprint density at radius 2 is 2.25 bits per heavy atom.